The summed E-state index contributed by atoms with van der Waals surface area (Å²) in [6, 6.07) is 6.03. The zero-order valence-electron chi connectivity index (χ0n) is 14.2. The number of hydrogen-bond acceptors (Lipinski definition) is 6. The summed E-state index contributed by atoms with van der Waals surface area (Å²) >= 11 is 0. The van der Waals surface area contributed by atoms with E-state index in [1.165, 1.54) is 30.7 Å². The molecular formula is C18H16N4O4. The van der Waals surface area contributed by atoms with Crippen molar-refractivity contribution in [3.8, 4) is 0 Å². The molecule has 2 atom stereocenters. The fourth-order valence-corrected chi connectivity index (χ4v) is 3.32. The molecule has 0 amide bonds. The predicted octanol–water partition coefficient (Wildman–Crippen LogP) is 3.07. The topological polar surface area (TPSA) is 119 Å². The number of carboxylic acids is 1. The zero-order valence-corrected chi connectivity index (χ0v) is 14.2. The minimum atomic E-state index is -1.04. The molecule has 1 N–H and O–H groups in total. The summed E-state index contributed by atoms with van der Waals surface area (Å²) in [6.07, 6.45) is 4.58. The van der Waals surface area contributed by atoms with E-state index in [9.17, 15) is 20.0 Å². The molecule has 1 aromatic heterocycles. The van der Waals surface area contributed by atoms with Crippen molar-refractivity contribution in [2.24, 2.45) is 10.9 Å². The van der Waals surface area contributed by atoms with Gasteiger partial charge in [0.15, 0.2) is 0 Å². The molecular weight excluding hydrogens is 336 g/mol. The molecule has 0 saturated heterocycles. The Morgan fingerprint density at radius 1 is 1.27 bits per heavy atom. The third-order valence-corrected chi connectivity index (χ3v) is 4.37. The summed E-state index contributed by atoms with van der Waals surface area (Å²) in [6.45, 7) is 3.43. The van der Waals surface area contributed by atoms with Gasteiger partial charge in [0.25, 0.3) is 5.69 Å². The standard InChI is InChI=1S/C18H16N4O4/c1-10-15(14-9-19-6-7-20-14)17(16(18(23)24)11(2)21-10)12-4-3-5-13(8-12)22(25)26/h3-9,16-17H,1-2H3,(H,23,24). The highest BCUT2D eigenvalue weighted by Gasteiger charge is 2.39. The van der Waals surface area contributed by atoms with E-state index in [2.05, 4.69) is 15.0 Å². The Kier molecular flexibility index (Phi) is 4.57. The zero-order chi connectivity index (χ0) is 18.8. The first-order chi connectivity index (χ1) is 12.4. The van der Waals surface area contributed by atoms with Gasteiger partial charge in [0.1, 0.15) is 5.92 Å². The fraction of sp³-hybridized carbons (Fsp3) is 0.222. The quantitative estimate of drug-likeness (QED) is 0.667. The number of hydrogen-bond donors (Lipinski definition) is 1. The number of non-ortho nitro benzene ring substituents is 1. The van der Waals surface area contributed by atoms with E-state index in [0.717, 1.165) is 0 Å². The highest BCUT2D eigenvalue weighted by molar-refractivity contribution is 6.05. The van der Waals surface area contributed by atoms with E-state index < -0.39 is 22.7 Å². The Morgan fingerprint density at radius 2 is 2.04 bits per heavy atom. The molecule has 0 aliphatic carbocycles. The van der Waals surface area contributed by atoms with Gasteiger partial charge in [0, 0.05) is 47.4 Å². The first kappa shape index (κ1) is 17.4. The first-order valence-electron chi connectivity index (χ1n) is 7.89. The molecule has 1 aliphatic rings. The number of carboxylic acid groups (broad SMARTS) is 1. The molecule has 0 radical (unpaired) electrons. The third kappa shape index (κ3) is 3.08. The number of benzene rings is 1. The maximum Gasteiger partial charge on any atom is 0.313 e. The predicted molar refractivity (Wildman–Crippen MR) is 94.7 cm³/mol. The lowest BCUT2D eigenvalue weighted by Gasteiger charge is -2.31. The van der Waals surface area contributed by atoms with Gasteiger partial charge in [0.2, 0.25) is 0 Å². The molecule has 26 heavy (non-hydrogen) atoms. The first-order valence-corrected chi connectivity index (χ1v) is 7.89. The monoisotopic (exact) mass is 352 g/mol. The van der Waals surface area contributed by atoms with Gasteiger partial charge in [-0.25, -0.2) is 0 Å². The number of aliphatic carboxylic acids is 1. The molecule has 0 bridgehead atoms. The molecule has 1 aromatic carbocycles. The number of allylic oxidation sites excluding steroid dienone is 2. The molecule has 0 spiro atoms. The Labute approximate surface area is 149 Å². The lowest BCUT2D eigenvalue weighted by atomic mass is 9.74. The normalized spacial score (nSPS) is 19.8. The van der Waals surface area contributed by atoms with Crippen molar-refractivity contribution >= 4 is 22.9 Å². The van der Waals surface area contributed by atoms with Gasteiger partial charge in [-0.1, -0.05) is 12.1 Å². The fourth-order valence-electron chi connectivity index (χ4n) is 3.32. The van der Waals surface area contributed by atoms with Crippen LogP contribution in [0.15, 0.2) is 53.5 Å². The lowest BCUT2D eigenvalue weighted by Crippen LogP contribution is -2.32. The average molecular weight is 352 g/mol. The number of rotatable bonds is 4. The number of aromatic nitrogens is 2. The Hall–Kier alpha value is -3.42. The highest BCUT2D eigenvalue weighted by Crippen LogP contribution is 2.44. The summed E-state index contributed by atoms with van der Waals surface area (Å²) in [7, 11) is 0. The number of nitro benzene ring substituents is 1. The van der Waals surface area contributed by atoms with Crippen molar-refractivity contribution in [3.05, 3.63) is 69.9 Å². The van der Waals surface area contributed by atoms with Crippen LogP contribution in [0, 0.1) is 16.0 Å². The van der Waals surface area contributed by atoms with Crippen molar-refractivity contribution in [1.82, 2.24) is 9.97 Å². The highest BCUT2D eigenvalue weighted by atomic mass is 16.6. The molecule has 2 aromatic rings. The van der Waals surface area contributed by atoms with Gasteiger partial charge < -0.3 is 5.11 Å². The van der Waals surface area contributed by atoms with Crippen LogP contribution in [-0.2, 0) is 4.79 Å². The molecule has 1 aliphatic heterocycles. The molecule has 2 heterocycles. The van der Waals surface area contributed by atoms with Crippen molar-refractivity contribution in [2.75, 3.05) is 0 Å². The number of aliphatic imine (C=N–C) groups is 1. The number of nitrogens with zero attached hydrogens (tertiary/aromatic N) is 4. The van der Waals surface area contributed by atoms with Crippen molar-refractivity contribution < 1.29 is 14.8 Å². The minimum Gasteiger partial charge on any atom is -0.481 e. The van der Waals surface area contributed by atoms with Crippen LogP contribution in [0.4, 0.5) is 5.69 Å². The summed E-state index contributed by atoms with van der Waals surface area (Å²) in [5.74, 6) is -2.64. The Morgan fingerprint density at radius 3 is 2.65 bits per heavy atom. The Balaban J connectivity index is 2.25. The van der Waals surface area contributed by atoms with Crippen LogP contribution in [-0.4, -0.2) is 31.7 Å². The van der Waals surface area contributed by atoms with E-state index in [1.54, 1.807) is 26.0 Å². The second-order valence-corrected chi connectivity index (χ2v) is 5.99. The van der Waals surface area contributed by atoms with E-state index in [4.69, 9.17) is 0 Å². The molecule has 3 rings (SSSR count). The summed E-state index contributed by atoms with van der Waals surface area (Å²) in [5.41, 5.74) is 2.61. The average Bonchev–Trinajstić information content (AvgIpc) is 2.61. The molecule has 0 saturated carbocycles. The Bertz CT molecular complexity index is 937. The van der Waals surface area contributed by atoms with Crippen LogP contribution < -0.4 is 0 Å². The van der Waals surface area contributed by atoms with Crippen molar-refractivity contribution in [3.63, 3.8) is 0 Å². The molecule has 8 heteroatoms. The summed E-state index contributed by atoms with van der Waals surface area (Å²) in [5, 5.41) is 21.0. The molecule has 2 unspecified atom stereocenters. The van der Waals surface area contributed by atoms with Crippen molar-refractivity contribution in [2.45, 2.75) is 19.8 Å². The van der Waals surface area contributed by atoms with E-state index >= 15 is 0 Å². The maximum absolute atomic E-state index is 12.0. The van der Waals surface area contributed by atoms with Gasteiger partial charge >= 0.3 is 5.97 Å². The third-order valence-electron chi connectivity index (χ3n) is 4.37. The number of nitro groups is 1. The SMILES string of the molecule is CC1=NC(C)=C(c2cnccn2)C(c2cccc([N+](=O)[O-])c2)C1C(=O)O. The number of carbonyl (C=O) groups is 1. The van der Waals surface area contributed by atoms with E-state index in [0.29, 0.717) is 28.2 Å². The smallest absolute Gasteiger partial charge is 0.313 e. The van der Waals surface area contributed by atoms with Gasteiger partial charge in [0.05, 0.1) is 16.8 Å². The maximum atomic E-state index is 12.0. The lowest BCUT2D eigenvalue weighted by molar-refractivity contribution is -0.384. The van der Waals surface area contributed by atoms with Gasteiger partial charge in [-0.05, 0) is 19.4 Å². The largest absolute Gasteiger partial charge is 0.481 e. The van der Waals surface area contributed by atoms with Gasteiger partial charge in [-0.15, -0.1) is 0 Å². The van der Waals surface area contributed by atoms with Crippen LogP contribution >= 0.6 is 0 Å². The van der Waals surface area contributed by atoms with E-state index in [1.807, 2.05) is 0 Å². The second kappa shape index (κ2) is 6.83. The van der Waals surface area contributed by atoms with Crippen LogP contribution in [0.5, 0.6) is 0 Å². The summed E-state index contributed by atoms with van der Waals surface area (Å²) in [4.78, 5) is 35.4. The molecule has 8 nitrogen and oxygen atoms in total. The van der Waals surface area contributed by atoms with Gasteiger partial charge in [-0.3, -0.25) is 29.9 Å². The van der Waals surface area contributed by atoms with Crippen LogP contribution in [0.2, 0.25) is 0 Å². The van der Waals surface area contributed by atoms with Crippen LogP contribution in [0.25, 0.3) is 5.57 Å². The summed E-state index contributed by atoms with van der Waals surface area (Å²) < 4.78 is 0. The minimum absolute atomic E-state index is 0.0945. The van der Waals surface area contributed by atoms with Crippen LogP contribution in [0.3, 0.4) is 0 Å². The molecule has 0 fully saturated rings. The van der Waals surface area contributed by atoms with Crippen molar-refractivity contribution in [1.29, 1.82) is 0 Å². The van der Waals surface area contributed by atoms with Crippen LogP contribution in [0.1, 0.15) is 31.0 Å². The molecule has 132 valence electrons. The second-order valence-electron chi connectivity index (χ2n) is 5.99. The van der Waals surface area contributed by atoms with E-state index in [-0.39, 0.29) is 5.69 Å². The van der Waals surface area contributed by atoms with Gasteiger partial charge in [-0.2, -0.15) is 0 Å².